The number of rotatable bonds is 13. The second-order valence-electron chi connectivity index (χ2n) is 7.28. The highest BCUT2D eigenvalue weighted by Crippen LogP contribution is 2.28. The highest BCUT2D eigenvalue weighted by Gasteiger charge is 2.23. The fourth-order valence-corrected chi connectivity index (χ4v) is 4.66. The topological polar surface area (TPSA) is 76.2 Å². The first-order valence-corrected chi connectivity index (χ1v) is 13.0. The van der Waals surface area contributed by atoms with E-state index in [-0.39, 0.29) is 12.5 Å². The van der Waals surface area contributed by atoms with Crippen molar-refractivity contribution in [2.45, 2.75) is 32.7 Å². The molecule has 0 radical (unpaired) electrons. The van der Waals surface area contributed by atoms with Crippen LogP contribution >= 0.6 is 11.3 Å². The van der Waals surface area contributed by atoms with Crippen LogP contribution in [0, 0.1) is 0 Å². The predicted molar refractivity (Wildman–Crippen MR) is 124 cm³/mol. The minimum Gasteiger partial charge on any atom is -0.493 e. The molecule has 0 bridgehead atoms. The number of methoxy groups -OCH3 is 2. The smallest absolute Gasteiger partial charge is 0.238 e. The number of ether oxygens (including phenoxy) is 2. The van der Waals surface area contributed by atoms with Crippen LogP contribution in [0.25, 0.3) is 0 Å². The van der Waals surface area contributed by atoms with Crippen molar-refractivity contribution in [3.05, 3.63) is 46.2 Å². The Balaban J connectivity index is 2.15. The Morgan fingerprint density at radius 3 is 2.42 bits per heavy atom. The van der Waals surface area contributed by atoms with Crippen LogP contribution in [-0.4, -0.2) is 63.6 Å². The Labute approximate surface area is 189 Å². The first kappa shape index (κ1) is 25.2. The van der Waals surface area contributed by atoms with Gasteiger partial charge < -0.3 is 14.4 Å². The largest absolute Gasteiger partial charge is 0.493 e. The molecule has 0 atom stereocenters. The molecule has 7 nitrogen and oxygen atoms in total. The summed E-state index contributed by atoms with van der Waals surface area (Å²) in [6, 6.07) is 9.61. The van der Waals surface area contributed by atoms with E-state index in [9.17, 15) is 13.2 Å². The van der Waals surface area contributed by atoms with Crippen LogP contribution in [0.3, 0.4) is 0 Å². The zero-order valence-electron chi connectivity index (χ0n) is 18.7. The van der Waals surface area contributed by atoms with Gasteiger partial charge in [-0.3, -0.25) is 4.79 Å². The predicted octanol–water partition coefficient (Wildman–Crippen LogP) is 3.40. The van der Waals surface area contributed by atoms with Crippen LogP contribution in [0.5, 0.6) is 11.5 Å². The molecule has 1 aromatic heterocycles. The van der Waals surface area contributed by atoms with E-state index in [1.165, 1.54) is 4.31 Å². The molecule has 1 aromatic carbocycles. The Hall–Kier alpha value is -2.10. The minimum absolute atomic E-state index is 0.143. The van der Waals surface area contributed by atoms with E-state index in [4.69, 9.17) is 9.47 Å². The number of thiophene rings is 1. The van der Waals surface area contributed by atoms with Crippen molar-refractivity contribution < 1.29 is 22.7 Å². The van der Waals surface area contributed by atoms with Crippen LogP contribution in [0.2, 0.25) is 0 Å². The van der Waals surface area contributed by atoms with Crippen molar-refractivity contribution in [2.75, 3.05) is 40.1 Å². The number of hydrogen-bond acceptors (Lipinski definition) is 6. The van der Waals surface area contributed by atoms with E-state index in [2.05, 4.69) is 0 Å². The summed E-state index contributed by atoms with van der Waals surface area (Å²) in [6.45, 7) is 3.13. The third kappa shape index (κ3) is 7.83. The summed E-state index contributed by atoms with van der Waals surface area (Å²) in [6.07, 6.45) is 3.35. The van der Waals surface area contributed by atoms with E-state index >= 15 is 0 Å². The molecule has 0 saturated carbocycles. The normalized spacial score (nSPS) is 11.5. The number of benzene rings is 1. The molecule has 0 fully saturated rings. The molecule has 172 valence electrons. The van der Waals surface area contributed by atoms with Gasteiger partial charge in [-0.25, -0.2) is 8.42 Å². The van der Waals surface area contributed by atoms with Gasteiger partial charge >= 0.3 is 0 Å². The van der Waals surface area contributed by atoms with Gasteiger partial charge in [0, 0.05) is 18.0 Å². The molecule has 0 N–H and O–H groups in total. The maximum atomic E-state index is 13.1. The summed E-state index contributed by atoms with van der Waals surface area (Å²) in [5.74, 6) is 1.09. The lowest BCUT2D eigenvalue weighted by Gasteiger charge is -2.26. The van der Waals surface area contributed by atoms with Crippen molar-refractivity contribution in [1.29, 1.82) is 0 Å². The fourth-order valence-electron chi connectivity index (χ4n) is 3.13. The van der Waals surface area contributed by atoms with Crippen molar-refractivity contribution in [1.82, 2.24) is 9.21 Å². The second kappa shape index (κ2) is 12.1. The van der Waals surface area contributed by atoms with E-state index in [0.29, 0.717) is 37.6 Å². The lowest BCUT2D eigenvalue weighted by Crippen LogP contribution is -2.43. The molecule has 0 aliphatic carbocycles. The summed E-state index contributed by atoms with van der Waals surface area (Å²) in [5.41, 5.74) is 1.01. The van der Waals surface area contributed by atoms with Crippen LogP contribution in [0.15, 0.2) is 35.7 Å². The molecule has 2 aromatic rings. The highest BCUT2D eigenvalue weighted by atomic mass is 32.2. The van der Waals surface area contributed by atoms with Gasteiger partial charge in [-0.05, 0) is 42.0 Å². The molecule has 1 amide bonds. The van der Waals surface area contributed by atoms with E-state index in [1.807, 2.05) is 42.6 Å². The lowest BCUT2D eigenvalue weighted by atomic mass is 10.1. The summed E-state index contributed by atoms with van der Waals surface area (Å²) in [4.78, 5) is 15.9. The Morgan fingerprint density at radius 2 is 1.84 bits per heavy atom. The standard InChI is InChI=1S/C22H32N2O5S2/c1-5-6-12-24(31(4,26)27)17-22(25)23(16-19-8-7-14-30-19)13-11-18-9-10-20(28-2)21(15-18)29-3/h7-10,14-15H,5-6,11-13,16-17H2,1-4H3. The SMILES string of the molecule is CCCCN(CC(=O)N(CCc1ccc(OC)c(OC)c1)Cc1cccs1)S(C)(=O)=O. The number of carbonyl (C=O) groups is 1. The molecule has 0 spiro atoms. The summed E-state index contributed by atoms with van der Waals surface area (Å²) < 4.78 is 36.2. The average molecular weight is 469 g/mol. The Kier molecular flexibility index (Phi) is 9.80. The van der Waals surface area contributed by atoms with Gasteiger partial charge in [-0.2, -0.15) is 4.31 Å². The van der Waals surface area contributed by atoms with Gasteiger partial charge in [0.05, 0.1) is 33.6 Å². The van der Waals surface area contributed by atoms with Gasteiger partial charge in [0.25, 0.3) is 0 Å². The van der Waals surface area contributed by atoms with Gasteiger partial charge in [-0.1, -0.05) is 25.5 Å². The van der Waals surface area contributed by atoms with Gasteiger partial charge in [0.2, 0.25) is 15.9 Å². The van der Waals surface area contributed by atoms with Crippen LogP contribution in [0.4, 0.5) is 0 Å². The first-order chi connectivity index (χ1) is 14.8. The van der Waals surface area contributed by atoms with Crippen molar-refractivity contribution in [3.8, 4) is 11.5 Å². The monoisotopic (exact) mass is 468 g/mol. The zero-order chi connectivity index (χ0) is 22.9. The molecular formula is C22H32N2O5S2. The lowest BCUT2D eigenvalue weighted by molar-refractivity contribution is -0.132. The van der Waals surface area contributed by atoms with E-state index < -0.39 is 10.0 Å². The minimum atomic E-state index is -3.45. The fraction of sp³-hybridized carbons (Fsp3) is 0.500. The van der Waals surface area contributed by atoms with E-state index in [0.717, 1.165) is 29.5 Å². The highest BCUT2D eigenvalue weighted by molar-refractivity contribution is 7.88. The summed E-state index contributed by atoms with van der Waals surface area (Å²) >= 11 is 1.58. The molecule has 0 unspecified atom stereocenters. The molecule has 0 aliphatic heterocycles. The number of unbranched alkanes of at least 4 members (excludes halogenated alkanes) is 1. The van der Waals surface area contributed by atoms with Crippen LogP contribution in [0.1, 0.15) is 30.2 Å². The van der Waals surface area contributed by atoms with Crippen LogP contribution < -0.4 is 9.47 Å². The first-order valence-electron chi connectivity index (χ1n) is 10.2. The number of sulfonamides is 1. The van der Waals surface area contributed by atoms with Crippen LogP contribution in [-0.2, 0) is 27.8 Å². The van der Waals surface area contributed by atoms with Crippen molar-refractivity contribution >= 4 is 27.3 Å². The molecule has 0 aliphatic rings. The second-order valence-corrected chi connectivity index (χ2v) is 10.3. The molecule has 9 heteroatoms. The Bertz CT molecular complexity index is 929. The average Bonchev–Trinajstić information content (AvgIpc) is 3.25. The number of hydrogen-bond donors (Lipinski definition) is 0. The molecule has 0 saturated heterocycles. The van der Waals surface area contributed by atoms with Gasteiger partial charge in [0.15, 0.2) is 11.5 Å². The Morgan fingerprint density at radius 1 is 1.10 bits per heavy atom. The van der Waals surface area contributed by atoms with Gasteiger partial charge in [0.1, 0.15) is 0 Å². The number of carbonyl (C=O) groups excluding carboxylic acids is 1. The number of nitrogens with zero attached hydrogens (tertiary/aromatic N) is 2. The number of amides is 1. The van der Waals surface area contributed by atoms with Crippen molar-refractivity contribution in [3.63, 3.8) is 0 Å². The third-order valence-electron chi connectivity index (χ3n) is 4.94. The molecule has 2 rings (SSSR count). The molecule has 1 heterocycles. The molecule has 31 heavy (non-hydrogen) atoms. The summed E-state index contributed by atoms with van der Waals surface area (Å²) in [7, 11) is -0.278. The van der Waals surface area contributed by atoms with E-state index in [1.54, 1.807) is 30.5 Å². The summed E-state index contributed by atoms with van der Waals surface area (Å²) in [5, 5.41) is 1.97. The zero-order valence-corrected chi connectivity index (χ0v) is 20.3. The third-order valence-corrected chi connectivity index (χ3v) is 7.05. The maximum Gasteiger partial charge on any atom is 0.238 e. The maximum absolute atomic E-state index is 13.1. The van der Waals surface area contributed by atoms with Crippen molar-refractivity contribution in [2.24, 2.45) is 0 Å². The van der Waals surface area contributed by atoms with Gasteiger partial charge in [-0.15, -0.1) is 11.3 Å². The quantitative estimate of drug-likeness (QED) is 0.450. The molecular weight excluding hydrogens is 436 g/mol.